The van der Waals surface area contributed by atoms with E-state index in [0.29, 0.717) is 23.2 Å². The molecule has 6 heteroatoms. The molecule has 0 saturated carbocycles. The number of rotatable bonds is 4. The van der Waals surface area contributed by atoms with E-state index in [1.165, 1.54) is 30.6 Å². The molecule has 2 saturated heterocycles. The Kier molecular flexibility index (Phi) is 5.27. The van der Waals surface area contributed by atoms with E-state index in [1.54, 1.807) is 0 Å². The maximum Gasteiger partial charge on any atom is 0.170 e. The zero-order valence-corrected chi connectivity index (χ0v) is 16.3. The van der Waals surface area contributed by atoms with Crippen LogP contribution in [0.4, 0.5) is 5.69 Å². The molecular weight excluding hydrogens is 370 g/mol. The highest BCUT2D eigenvalue weighted by molar-refractivity contribution is 7.80. The Morgan fingerprint density at radius 3 is 2.52 bits per heavy atom. The lowest BCUT2D eigenvalue weighted by atomic mass is 9.97. The van der Waals surface area contributed by atoms with Gasteiger partial charge < -0.3 is 10.6 Å². The fourth-order valence-electron chi connectivity index (χ4n) is 4.12. The lowest BCUT2D eigenvalue weighted by Gasteiger charge is -2.39. The zero-order chi connectivity index (χ0) is 17.2. The van der Waals surface area contributed by atoms with Crippen molar-refractivity contribution in [1.29, 1.82) is 0 Å². The summed E-state index contributed by atoms with van der Waals surface area (Å²) in [6.07, 6.45) is 4.96. The highest BCUT2D eigenvalue weighted by Gasteiger charge is 2.40. The van der Waals surface area contributed by atoms with Gasteiger partial charge in [0.15, 0.2) is 5.11 Å². The number of benzene rings is 1. The molecule has 0 radical (unpaired) electrons. The Bertz CT molecular complexity index is 703. The van der Waals surface area contributed by atoms with Crippen LogP contribution in [0.25, 0.3) is 0 Å². The molecule has 0 unspecified atom stereocenters. The monoisotopic (exact) mass is 391 g/mol. The zero-order valence-electron chi connectivity index (χ0n) is 14.0. The Balaban J connectivity index is 1.31. The predicted octanol–water partition coefficient (Wildman–Crippen LogP) is 4.88. The standard InChI is InChI=1S/C19H22ClN3S2/c20-13-3-5-14(6-4-13)21-19(24)22-15-10-16-7-8-17(11-15)23(16)12-18-2-1-9-25-18/h1-6,9,15-17H,7-8,10-12H2,(H2,21,22,24)/t16-,17-/m1/s1. The molecule has 0 aliphatic carbocycles. The summed E-state index contributed by atoms with van der Waals surface area (Å²) in [7, 11) is 0. The third-order valence-electron chi connectivity index (χ3n) is 5.24. The molecule has 2 aliphatic rings. The van der Waals surface area contributed by atoms with E-state index in [1.807, 2.05) is 35.6 Å². The van der Waals surface area contributed by atoms with Crippen LogP contribution in [0.5, 0.6) is 0 Å². The number of fused-ring (bicyclic) bond motifs is 2. The lowest BCUT2D eigenvalue weighted by molar-refractivity contribution is 0.116. The van der Waals surface area contributed by atoms with Crippen LogP contribution in [0.1, 0.15) is 30.6 Å². The molecule has 1 aromatic heterocycles. The summed E-state index contributed by atoms with van der Waals surface area (Å²) in [6, 6.07) is 13.9. The average Bonchev–Trinajstić information content (AvgIpc) is 3.17. The van der Waals surface area contributed by atoms with Gasteiger partial charge in [-0.05, 0) is 73.6 Å². The summed E-state index contributed by atoms with van der Waals surface area (Å²) in [5.41, 5.74) is 0.972. The number of anilines is 1. The second kappa shape index (κ2) is 7.62. The van der Waals surface area contributed by atoms with Gasteiger partial charge in [-0.25, -0.2) is 0 Å². The molecule has 25 heavy (non-hydrogen) atoms. The van der Waals surface area contributed by atoms with Crippen LogP contribution in [-0.4, -0.2) is 28.1 Å². The molecule has 2 fully saturated rings. The molecule has 2 N–H and O–H groups in total. The summed E-state index contributed by atoms with van der Waals surface area (Å²) < 4.78 is 0. The van der Waals surface area contributed by atoms with Crippen LogP contribution in [0.15, 0.2) is 41.8 Å². The highest BCUT2D eigenvalue weighted by atomic mass is 35.5. The molecule has 2 aliphatic heterocycles. The normalized spacial score (nSPS) is 25.7. The molecule has 2 aromatic rings. The van der Waals surface area contributed by atoms with E-state index in [9.17, 15) is 0 Å². The van der Waals surface area contributed by atoms with Gasteiger partial charge in [-0.2, -0.15) is 0 Å². The van der Waals surface area contributed by atoms with Crippen molar-refractivity contribution in [1.82, 2.24) is 10.2 Å². The first-order valence-electron chi connectivity index (χ1n) is 8.78. The first-order chi connectivity index (χ1) is 12.2. The minimum atomic E-state index is 0.462. The molecule has 3 nitrogen and oxygen atoms in total. The fraction of sp³-hybridized carbons (Fsp3) is 0.421. The summed E-state index contributed by atoms with van der Waals surface area (Å²) in [6.45, 7) is 1.10. The smallest absolute Gasteiger partial charge is 0.170 e. The molecule has 1 aromatic carbocycles. The van der Waals surface area contributed by atoms with E-state index < -0.39 is 0 Å². The summed E-state index contributed by atoms with van der Waals surface area (Å²) in [5, 5.41) is 10.4. The van der Waals surface area contributed by atoms with Crippen molar-refractivity contribution in [2.24, 2.45) is 0 Å². The third-order valence-corrected chi connectivity index (χ3v) is 6.57. The second-order valence-electron chi connectivity index (χ2n) is 6.91. The predicted molar refractivity (Wildman–Crippen MR) is 111 cm³/mol. The van der Waals surface area contributed by atoms with Crippen LogP contribution >= 0.6 is 35.2 Å². The largest absolute Gasteiger partial charge is 0.360 e. The topological polar surface area (TPSA) is 27.3 Å². The van der Waals surface area contributed by atoms with E-state index in [2.05, 4.69) is 33.0 Å². The first-order valence-corrected chi connectivity index (χ1v) is 10.4. The van der Waals surface area contributed by atoms with E-state index >= 15 is 0 Å². The lowest BCUT2D eigenvalue weighted by Crippen LogP contribution is -2.50. The minimum Gasteiger partial charge on any atom is -0.360 e. The van der Waals surface area contributed by atoms with Crippen molar-refractivity contribution in [2.45, 2.75) is 50.4 Å². The molecule has 0 amide bonds. The maximum atomic E-state index is 5.93. The molecule has 4 rings (SSSR count). The van der Waals surface area contributed by atoms with Crippen LogP contribution in [0, 0.1) is 0 Å². The highest BCUT2D eigenvalue weighted by Crippen LogP contribution is 2.37. The van der Waals surface area contributed by atoms with Crippen molar-refractivity contribution in [3.8, 4) is 0 Å². The van der Waals surface area contributed by atoms with Gasteiger partial charge in [0, 0.05) is 40.3 Å². The maximum absolute atomic E-state index is 5.93. The molecular formula is C19H22ClN3S2. The summed E-state index contributed by atoms with van der Waals surface area (Å²) >= 11 is 13.3. The van der Waals surface area contributed by atoms with E-state index in [0.717, 1.165) is 17.3 Å². The van der Waals surface area contributed by atoms with Gasteiger partial charge in [0.1, 0.15) is 0 Å². The SMILES string of the molecule is S=C(Nc1ccc(Cl)cc1)NC1C[C@H]2CC[C@H](C1)N2Cc1cccs1. The molecule has 3 heterocycles. The Morgan fingerprint density at radius 2 is 1.88 bits per heavy atom. The third kappa shape index (κ3) is 4.17. The second-order valence-corrected chi connectivity index (χ2v) is 8.79. The van der Waals surface area contributed by atoms with Gasteiger partial charge in [-0.3, -0.25) is 4.90 Å². The van der Waals surface area contributed by atoms with Crippen molar-refractivity contribution in [2.75, 3.05) is 5.32 Å². The Labute approximate surface area is 163 Å². The minimum absolute atomic E-state index is 0.462. The Morgan fingerprint density at radius 1 is 1.16 bits per heavy atom. The number of hydrogen-bond donors (Lipinski definition) is 2. The van der Waals surface area contributed by atoms with Crippen LogP contribution in [0.2, 0.25) is 5.02 Å². The van der Waals surface area contributed by atoms with Gasteiger partial charge in [-0.15, -0.1) is 11.3 Å². The van der Waals surface area contributed by atoms with Crippen molar-refractivity contribution in [3.63, 3.8) is 0 Å². The van der Waals surface area contributed by atoms with Crippen LogP contribution in [-0.2, 0) is 6.54 Å². The summed E-state index contributed by atoms with van der Waals surface area (Å²) in [5.74, 6) is 0. The van der Waals surface area contributed by atoms with Gasteiger partial charge in [-0.1, -0.05) is 17.7 Å². The van der Waals surface area contributed by atoms with Crippen molar-refractivity contribution >= 4 is 46.0 Å². The number of hydrogen-bond acceptors (Lipinski definition) is 3. The number of nitrogens with zero attached hydrogens (tertiary/aromatic N) is 1. The van der Waals surface area contributed by atoms with Crippen LogP contribution in [0.3, 0.4) is 0 Å². The average molecular weight is 392 g/mol. The van der Waals surface area contributed by atoms with E-state index in [-0.39, 0.29) is 0 Å². The quantitative estimate of drug-likeness (QED) is 0.726. The number of piperidine rings is 1. The van der Waals surface area contributed by atoms with Crippen molar-refractivity contribution in [3.05, 3.63) is 51.7 Å². The van der Waals surface area contributed by atoms with Gasteiger partial charge in [0.25, 0.3) is 0 Å². The van der Waals surface area contributed by atoms with Gasteiger partial charge >= 0.3 is 0 Å². The van der Waals surface area contributed by atoms with E-state index in [4.69, 9.17) is 23.8 Å². The molecule has 2 bridgehead atoms. The molecule has 132 valence electrons. The number of thiocarbonyl (C=S) groups is 1. The number of halogens is 1. The van der Waals surface area contributed by atoms with Gasteiger partial charge in [0.05, 0.1) is 0 Å². The fourth-order valence-corrected chi connectivity index (χ4v) is 5.24. The summed E-state index contributed by atoms with van der Waals surface area (Å²) in [4.78, 5) is 4.18. The Hall–Kier alpha value is -1.14. The first kappa shape index (κ1) is 17.3. The number of thiophene rings is 1. The van der Waals surface area contributed by atoms with Crippen molar-refractivity contribution < 1.29 is 0 Å². The number of nitrogens with one attached hydrogen (secondary N) is 2. The van der Waals surface area contributed by atoms with Gasteiger partial charge in [0.2, 0.25) is 0 Å². The van der Waals surface area contributed by atoms with Crippen LogP contribution < -0.4 is 10.6 Å². The molecule has 2 atom stereocenters. The molecule has 0 spiro atoms.